The SMILES string of the molecule is Nc1ccccc1CNc1nc2ccc(Oc3ccnc(C(=O)O)c3)cc2o1. The lowest BCUT2D eigenvalue weighted by Gasteiger charge is -2.05. The van der Waals surface area contributed by atoms with Crippen molar-refractivity contribution in [2.75, 3.05) is 11.1 Å². The van der Waals surface area contributed by atoms with Crippen LogP contribution >= 0.6 is 0 Å². The zero-order valence-corrected chi connectivity index (χ0v) is 14.6. The number of carbonyl (C=O) groups is 1. The van der Waals surface area contributed by atoms with Crippen LogP contribution in [0.4, 0.5) is 11.7 Å². The van der Waals surface area contributed by atoms with E-state index in [0.29, 0.717) is 40.8 Å². The van der Waals surface area contributed by atoms with Gasteiger partial charge < -0.3 is 25.3 Å². The van der Waals surface area contributed by atoms with E-state index >= 15 is 0 Å². The smallest absolute Gasteiger partial charge is 0.354 e. The molecule has 0 fully saturated rings. The molecule has 4 N–H and O–H groups in total. The molecule has 2 aromatic heterocycles. The molecule has 0 bridgehead atoms. The highest BCUT2D eigenvalue weighted by molar-refractivity contribution is 5.85. The van der Waals surface area contributed by atoms with Crippen LogP contribution < -0.4 is 15.8 Å². The minimum atomic E-state index is -1.12. The summed E-state index contributed by atoms with van der Waals surface area (Å²) in [6.45, 7) is 0.484. The van der Waals surface area contributed by atoms with Crippen LogP contribution in [0.25, 0.3) is 11.1 Å². The van der Waals surface area contributed by atoms with E-state index in [4.69, 9.17) is 20.0 Å². The topological polar surface area (TPSA) is 124 Å². The lowest BCUT2D eigenvalue weighted by Crippen LogP contribution is -2.02. The molecule has 28 heavy (non-hydrogen) atoms. The molecule has 0 saturated heterocycles. The Morgan fingerprint density at radius 2 is 1.96 bits per heavy atom. The number of hydrogen-bond donors (Lipinski definition) is 3. The Morgan fingerprint density at radius 1 is 1.14 bits per heavy atom. The number of hydrogen-bond acceptors (Lipinski definition) is 7. The number of nitrogens with one attached hydrogen (secondary N) is 1. The molecule has 8 heteroatoms. The van der Waals surface area contributed by atoms with E-state index in [0.717, 1.165) is 5.56 Å². The fraction of sp³-hybridized carbons (Fsp3) is 0.0500. The molecule has 0 amide bonds. The molecule has 0 atom stereocenters. The maximum Gasteiger partial charge on any atom is 0.354 e. The van der Waals surface area contributed by atoms with Gasteiger partial charge in [-0.3, -0.25) is 0 Å². The van der Waals surface area contributed by atoms with Crippen LogP contribution in [0.15, 0.2) is 65.2 Å². The zero-order valence-electron chi connectivity index (χ0n) is 14.6. The van der Waals surface area contributed by atoms with Crippen LogP contribution in [0.5, 0.6) is 11.5 Å². The first-order valence-corrected chi connectivity index (χ1v) is 8.43. The van der Waals surface area contributed by atoms with Crippen LogP contribution in [0.2, 0.25) is 0 Å². The second-order valence-electron chi connectivity index (χ2n) is 5.98. The van der Waals surface area contributed by atoms with Crippen molar-refractivity contribution in [3.8, 4) is 11.5 Å². The van der Waals surface area contributed by atoms with E-state index in [2.05, 4.69) is 15.3 Å². The first kappa shape index (κ1) is 17.3. The minimum absolute atomic E-state index is 0.0927. The highest BCUT2D eigenvalue weighted by atomic mass is 16.5. The van der Waals surface area contributed by atoms with E-state index in [9.17, 15) is 4.79 Å². The van der Waals surface area contributed by atoms with Gasteiger partial charge in [0.1, 0.15) is 17.0 Å². The van der Waals surface area contributed by atoms with Crippen LogP contribution in [-0.2, 0) is 6.54 Å². The van der Waals surface area contributed by atoms with Gasteiger partial charge in [0.25, 0.3) is 6.01 Å². The number of ether oxygens (including phenoxy) is 1. The maximum absolute atomic E-state index is 11.0. The number of benzene rings is 2. The summed E-state index contributed by atoms with van der Waals surface area (Å²) in [5.41, 5.74) is 8.68. The standard InChI is InChI=1S/C20H16N4O4/c21-15-4-2-1-3-12(15)11-23-20-24-16-6-5-13(10-18(16)28-20)27-14-7-8-22-17(9-14)19(25)26/h1-10H,11,21H2,(H,23,24)(H,25,26). The molecule has 2 aromatic carbocycles. The van der Waals surface area contributed by atoms with E-state index in [-0.39, 0.29) is 5.69 Å². The van der Waals surface area contributed by atoms with Crippen molar-refractivity contribution in [1.29, 1.82) is 0 Å². The van der Waals surface area contributed by atoms with Crippen LogP contribution in [0.1, 0.15) is 16.1 Å². The Kier molecular flexibility index (Phi) is 4.51. The van der Waals surface area contributed by atoms with Crippen molar-refractivity contribution in [1.82, 2.24) is 9.97 Å². The first-order valence-electron chi connectivity index (χ1n) is 8.43. The summed E-state index contributed by atoms with van der Waals surface area (Å²) in [6, 6.07) is 16.0. The second-order valence-corrected chi connectivity index (χ2v) is 5.98. The van der Waals surface area contributed by atoms with Crippen molar-refractivity contribution >= 4 is 28.8 Å². The summed E-state index contributed by atoms with van der Waals surface area (Å²) in [5, 5.41) is 12.1. The van der Waals surface area contributed by atoms with Gasteiger partial charge in [-0.1, -0.05) is 18.2 Å². The minimum Gasteiger partial charge on any atom is -0.477 e. The quantitative estimate of drug-likeness (QED) is 0.433. The number of oxazole rings is 1. The first-order chi connectivity index (χ1) is 13.6. The molecule has 8 nitrogen and oxygen atoms in total. The Labute approximate surface area is 159 Å². The molecular weight excluding hydrogens is 360 g/mol. The number of carboxylic acid groups (broad SMARTS) is 1. The highest BCUT2D eigenvalue weighted by Gasteiger charge is 2.10. The largest absolute Gasteiger partial charge is 0.477 e. The normalized spacial score (nSPS) is 10.7. The van der Waals surface area contributed by atoms with Gasteiger partial charge >= 0.3 is 5.97 Å². The van der Waals surface area contributed by atoms with Gasteiger partial charge in [-0.15, -0.1) is 0 Å². The molecule has 0 unspecified atom stereocenters. The molecule has 2 heterocycles. The van der Waals surface area contributed by atoms with E-state index in [1.165, 1.54) is 12.3 Å². The number of anilines is 2. The van der Waals surface area contributed by atoms with E-state index in [1.54, 1.807) is 24.3 Å². The van der Waals surface area contributed by atoms with Crippen molar-refractivity contribution < 1.29 is 19.1 Å². The predicted octanol–water partition coefficient (Wildman–Crippen LogP) is 3.91. The van der Waals surface area contributed by atoms with Crippen molar-refractivity contribution in [2.24, 2.45) is 0 Å². The van der Waals surface area contributed by atoms with Crippen LogP contribution in [-0.4, -0.2) is 21.0 Å². The van der Waals surface area contributed by atoms with E-state index in [1.807, 2.05) is 24.3 Å². The number of carboxylic acids is 1. The van der Waals surface area contributed by atoms with E-state index < -0.39 is 5.97 Å². The van der Waals surface area contributed by atoms with Crippen molar-refractivity contribution in [2.45, 2.75) is 6.54 Å². The average Bonchev–Trinajstić information content (AvgIpc) is 3.10. The third-order valence-corrected chi connectivity index (χ3v) is 4.03. The Bertz CT molecular complexity index is 1160. The van der Waals surface area contributed by atoms with Gasteiger partial charge in [-0.2, -0.15) is 4.98 Å². The molecule has 4 aromatic rings. The predicted molar refractivity (Wildman–Crippen MR) is 103 cm³/mol. The number of nitrogens with two attached hydrogens (primary N) is 1. The molecule has 0 aliphatic carbocycles. The lowest BCUT2D eigenvalue weighted by molar-refractivity contribution is 0.0690. The Morgan fingerprint density at radius 3 is 2.79 bits per heavy atom. The van der Waals surface area contributed by atoms with Crippen LogP contribution in [0, 0.1) is 0 Å². The maximum atomic E-state index is 11.0. The second kappa shape index (κ2) is 7.28. The molecule has 0 aliphatic rings. The Balaban J connectivity index is 1.51. The van der Waals surface area contributed by atoms with Crippen LogP contribution in [0.3, 0.4) is 0 Å². The monoisotopic (exact) mass is 376 g/mol. The number of nitrogens with zero attached hydrogens (tertiary/aromatic N) is 2. The molecule has 0 spiro atoms. The summed E-state index contributed by atoms with van der Waals surface area (Å²) in [7, 11) is 0. The summed E-state index contributed by atoms with van der Waals surface area (Å²) in [4.78, 5) is 19.2. The number of para-hydroxylation sites is 1. The summed E-state index contributed by atoms with van der Waals surface area (Å²) in [5.74, 6) is -0.264. The zero-order chi connectivity index (χ0) is 19.5. The molecule has 4 rings (SSSR count). The summed E-state index contributed by atoms with van der Waals surface area (Å²) < 4.78 is 11.4. The molecule has 140 valence electrons. The third kappa shape index (κ3) is 3.70. The lowest BCUT2D eigenvalue weighted by atomic mass is 10.2. The van der Waals surface area contributed by atoms with Crippen molar-refractivity contribution in [3.05, 3.63) is 72.1 Å². The van der Waals surface area contributed by atoms with Gasteiger partial charge in [0.15, 0.2) is 11.3 Å². The van der Waals surface area contributed by atoms with Gasteiger partial charge in [-0.05, 0) is 29.8 Å². The molecule has 0 aliphatic heterocycles. The molecular formula is C20H16N4O4. The number of nitrogen functional groups attached to an aromatic ring is 1. The number of fused-ring (bicyclic) bond motifs is 1. The third-order valence-electron chi connectivity index (χ3n) is 4.03. The van der Waals surface area contributed by atoms with Gasteiger partial charge in [0.2, 0.25) is 0 Å². The number of aromatic nitrogens is 2. The average molecular weight is 376 g/mol. The molecule has 0 saturated carbocycles. The number of aromatic carboxylic acids is 1. The fourth-order valence-electron chi connectivity index (χ4n) is 2.64. The molecule has 0 radical (unpaired) electrons. The summed E-state index contributed by atoms with van der Waals surface area (Å²) in [6.07, 6.45) is 1.38. The van der Waals surface area contributed by atoms with Gasteiger partial charge in [0, 0.05) is 30.6 Å². The number of rotatable bonds is 6. The number of pyridine rings is 1. The fourth-order valence-corrected chi connectivity index (χ4v) is 2.64. The van der Waals surface area contributed by atoms with Crippen molar-refractivity contribution in [3.63, 3.8) is 0 Å². The van der Waals surface area contributed by atoms with Gasteiger partial charge in [-0.25, -0.2) is 9.78 Å². The van der Waals surface area contributed by atoms with Gasteiger partial charge in [0.05, 0.1) is 0 Å². The highest BCUT2D eigenvalue weighted by Crippen LogP contribution is 2.28. The summed E-state index contributed by atoms with van der Waals surface area (Å²) >= 11 is 0. The Hall–Kier alpha value is -4.07.